The molecule has 3 heteroatoms. The molecule has 2 aromatic carbocycles. The van der Waals surface area contributed by atoms with Crippen molar-refractivity contribution in [3.63, 3.8) is 0 Å². The van der Waals surface area contributed by atoms with E-state index in [0.29, 0.717) is 6.54 Å². The number of anilines is 1. The maximum absolute atomic E-state index is 6.27. The third kappa shape index (κ3) is 3.72. The zero-order valence-corrected chi connectivity index (χ0v) is 11.9. The number of halogens is 1. The topological polar surface area (TPSA) is 29.3 Å². The van der Waals surface area contributed by atoms with Crippen molar-refractivity contribution in [2.24, 2.45) is 5.73 Å². The summed E-state index contributed by atoms with van der Waals surface area (Å²) in [7, 11) is 2.07. The smallest absolute Gasteiger partial charge is 0.0459 e. The van der Waals surface area contributed by atoms with E-state index in [2.05, 4.69) is 48.3 Å². The fraction of sp³-hybridized carbons (Fsp3) is 0.250. The second-order valence-electron chi connectivity index (χ2n) is 4.66. The van der Waals surface area contributed by atoms with Crippen molar-refractivity contribution in [3.8, 4) is 0 Å². The van der Waals surface area contributed by atoms with Gasteiger partial charge in [0.1, 0.15) is 0 Å². The Kier molecular flexibility index (Phi) is 4.83. The van der Waals surface area contributed by atoms with Crippen LogP contribution >= 0.6 is 11.6 Å². The van der Waals surface area contributed by atoms with Crippen LogP contribution in [-0.4, -0.2) is 13.6 Å². The monoisotopic (exact) mass is 274 g/mol. The molecule has 0 saturated carbocycles. The molecule has 0 aliphatic rings. The average Bonchev–Trinajstić information content (AvgIpc) is 2.42. The highest BCUT2D eigenvalue weighted by atomic mass is 35.5. The van der Waals surface area contributed by atoms with Gasteiger partial charge in [0.2, 0.25) is 0 Å². The van der Waals surface area contributed by atoms with Crippen molar-refractivity contribution in [1.82, 2.24) is 0 Å². The van der Waals surface area contributed by atoms with Gasteiger partial charge in [-0.05, 0) is 36.2 Å². The third-order valence-electron chi connectivity index (χ3n) is 3.15. The SMILES string of the molecule is CN(Cc1ccccc1)c1ccc(CCN)c(Cl)c1. The van der Waals surface area contributed by atoms with Crippen LogP contribution in [-0.2, 0) is 13.0 Å². The zero-order valence-electron chi connectivity index (χ0n) is 11.1. The van der Waals surface area contributed by atoms with Gasteiger partial charge in [0.05, 0.1) is 0 Å². The van der Waals surface area contributed by atoms with Gasteiger partial charge < -0.3 is 10.6 Å². The van der Waals surface area contributed by atoms with E-state index >= 15 is 0 Å². The first-order chi connectivity index (χ1) is 9.20. The fourth-order valence-corrected chi connectivity index (χ4v) is 2.35. The van der Waals surface area contributed by atoms with Gasteiger partial charge in [-0.1, -0.05) is 48.0 Å². The molecule has 0 saturated heterocycles. The van der Waals surface area contributed by atoms with Crippen LogP contribution in [0.1, 0.15) is 11.1 Å². The molecule has 0 bridgehead atoms. The Bertz CT molecular complexity index is 526. The summed E-state index contributed by atoms with van der Waals surface area (Å²) in [5.41, 5.74) is 9.08. The first-order valence-electron chi connectivity index (χ1n) is 6.44. The molecule has 0 fully saturated rings. The minimum absolute atomic E-state index is 0.624. The van der Waals surface area contributed by atoms with Gasteiger partial charge in [0.25, 0.3) is 0 Å². The molecule has 19 heavy (non-hydrogen) atoms. The van der Waals surface area contributed by atoms with Crippen molar-refractivity contribution in [2.75, 3.05) is 18.5 Å². The summed E-state index contributed by atoms with van der Waals surface area (Å²) in [5.74, 6) is 0. The fourth-order valence-electron chi connectivity index (χ4n) is 2.08. The highest BCUT2D eigenvalue weighted by molar-refractivity contribution is 6.31. The van der Waals surface area contributed by atoms with E-state index < -0.39 is 0 Å². The molecule has 0 atom stereocenters. The van der Waals surface area contributed by atoms with E-state index in [0.717, 1.165) is 29.2 Å². The zero-order chi connectivity index (χ0) is 13.7. The Hall–Kier alpha value is -1.51. The Balaban J connectivity index is 2.11. The summed E-state index contributed by atoms with van der Waals surface area (Å²) in [6.07, 6.45) is 0.821. The summed E-state index contributed by atoms with van der Waals surface area (Å²) >= 11 is 6.27. The highest BCUT2D eigenvalue weighted by Gasteiger charge is 2.05. The van der Waals surface area contributed by atoms with Crippen LogP contribution in [0, 0.1) is 0 Å². The second kappa shape index (κ2) is 6.60. The average molecular weight is 275 g/mol. The molecular formula is C16H19ClN2. The van der Waals surface area contributed by atoms with Crippen LogP contribution in [0.4, 0.5) is 5.69 Å². The van der Waals surface area contributed by atoms with Crippen LogP contribution in [0.3, 0.4) is 0 Å². The molecule has 0 heterocycles. The molecule has 2 rings (SSSR count). The van der Waals surface area contributed by atoms with Gasteiger partial charge in [-0.15, -0.1) is 0 Å². The van der Waals surface area contributed by atoms with Crippen molar-refractivity contribution in [1.29, 1.82) is 0 Å². The van der Waals surface area contributed by atoms with Gasteiger partial charge in [-0.25, -0.2) is 0 Å². The molecule has 2 N–H and O–H groups in total. The van der Waals surface area contributed by atoms with Gasteiger partial charge in [-0.2, -0.15) is 0 Å². The molecular weight excluding hydrogens is 256 g/mol. The standard InChI is InChI=1S/C16H19ClN2/c1-19(12-13-5-3-2-4-6-13)15-8-7-14(9-10-18)16(17)11-15/h2-8,11H,9-10,12,18H2,1H3. The van der Waals surface area contributed by atoms with Crippen LogP contribution in [0.2, 0.25) is 5.02 Å². The lowest BCUT2D eigenvalue weighted by atomic mass is 10.1. The van der Waals surface area contributed by atoms with Crippen LogP contribution in [0.5, 0.6) is 0 Å². The van der Waals surface area contributed by atoms with Gasteiger partial charge >= 0.3 is 0 Å². The maximum Gasteiger partial charge on any atom is 0.0459 e. The summed E-state index contributed by atoms with van der Waals surface area (Å²) in [5, 5.41) is 0.794. The van der Waals surface area contributed by atoms with Crippen molar-refractivity contribution in [2.45, 2.75) is 13.0 Å². The highest BCUT2D eigenvalue weighted by Crippen LogP contribution is 2.24. The Labute approximate surface area is 119 Å². The second-order valence-corrected chi connectivity index (χ2v) is 5.06. The molecule has 2 aromatic rings. The normalized spacial score (nSPS) is 10.5. The summed E-state index contributed by atoms with van der Waals surface area (Å²) in [6.45, 7) is 1.49. The van der Waals surface area contributed by atoms with Crippen molar-refractivity contribution >= 4 is 17.3 Å². The summed E-state index contributed by atoms with van der Waals surface area (Å²) in [6, 6.07) is 16.6. The first-order valence-corrected chi connectivity index (χ1v) is 6.82. The quantitative estimate of drug-likeness (QED) is 0.904. The largest absolute Gasteiger partial charge is 0.370 e. The number of benzene rings is 2. The van der Waals surface area contributed by atoms with Crippen LogP contribution in [0.15, 0.2) is 48.5 Å². The molecule has 0 aromatic heterocycles. The molecule has 100 valence electrons. The number of nitrogens with two attached hydrogens (primary N) is 1. The summed E-state index contributed by atoms with van der Waals surface area (Å²) < 4.78 is 0. The number of rotatable bonds is 5. The molecule has 0 unspecified atom stereocenters. The van der Waals surface area contributed by atoms with Crippen molar-refractivity contribution in [3.05, 3.63) is 64.7 Å². The summed E-state index contributed by atoms with van der Waals surface area (Å²) in [4.78, 5) is 2.19. The lowest BCUT2D eigenvalue weighted by molar-refractivity contribution is 0.919. The lowest BCUT2D eigenvalue weighted by Crippen LogP contribution is -2.16. The van der Waals surface area contributed by atoms with E-state index in [9.17, 15) is 0 Å². The molecule has 0 amide bonds. The van der Waals surface area contributed by atoms with Crippen molar-refractivity contribution < 1.29 is 0 Å². The predicted molar refractivity (Wildman–Crippen MR) is 82.8 cm³/mol. The predicted octanol–water partition coefficient (Wildman–Crippen LogP) is 3.48. The first kappa shape index (κ1) is 13.9. The van der Waals surface area contributed by atoms with Gasteiger partial charge in [0.15, 0.2) is 0 Å². The van der Waals surface area contributed by atoms with E-state index in [1.807, 2.05) is 12.1 Å². The molecule has 0 aliphatic heterocycles. The Morgan fingerprint density at radius 2 is 1.84 bits per heavy atom. The van der Waals surface area contributed by atoms with Crippen LogP contribution < -0.4 is 10.6 Å². The van der Waals surface area contributed by atoms with E-state index in [-0.39, 0.29) is 0 Å². The maximum atomic E-state index is 6.27. The number of hydrogen-bond acceptors (Lipinski definition) is 2. The van der Waals surface area contributed by atoms with E-state index in [1.165, 1.54) is 5.56 Å². The molecule has 0 radical (unpaired) electrons. The minimum atomic E-state index is 0.624. The Morgan fingerprint density at radius 1 is 1.11 bits per heavy atom. The van der Waals surface area contributed by atoms with E-state index in [1.54, 1.807) is 0 Å². The number of hydrogen-bond donors (Lipinski definition) is 1. The van der Waals surface area contributed by atoms with Gasteiger partial charge in [-0.3, -0.25) is 0 Å². The van der Waals surface area contributed by atoms with Crippen LogP contribution in [0.25, 0.3) is 0 Å². The number of nitrogens with zero attached hydrogens (tertiary/aromatic N) is 1. The Morgan fingerprint density at radius 3 is 2.47 bits per heavy atom. The molecule has 2 nitrogen and oxygen atoms in total. The molecule has 0 aliphatic carbocycles. The lowest BCUT2D eigenvalue weighted by Gasteiger charge is -2.20. The van der Waals surface area contributed by atoms with E-state index in [4.69, 9.17) is 17.3 Å². The third-order valence-corrected chi connectivity index (χ3v) is 3.51. The molecule has 0 spiro atoms. The minimum Gasteiger partial charge on any atom is -0.370 e. The van der Waals surface area contributed by atoms with Gasteiger partial charge in [0, 0.05) is 24.3 Å².